The maximum atomic E-state index is 12.7. The predicted molar refractivity (Wildman–Crippen MR) is 114 cm³/mol. The Hall–Kier alpha value is -3.33. The maximum Gasteiger partial charge on any atom is 0.258 e. The van der Waals surface area contributed by atoms with Gasteiger partial charge in [0, 0.05) is 6.54 Å². The highest BCUT2D eigenvalue weighted by molar-refractivity contribution is 7.89. The van der Waals surface area contributed by atoms with Crippen LogP contribution in [0, 0.1) is 0 Å². The first-order valence-electron chi connectivity index (χ1n) is 9.61. The van der Waals surface area contributed by atoms with Crippen molar-refractivity contribution in [2.45, 2.75) is 24.7 Å². The van der Waals surface area contributed by atoms with Gasteiger partial charge < -0.3 is 4.74 Å². The quantitative estimate of drug-likeness (QED) is 0.529. The van der Waals surface area contributed by atoms with Gasteiger partial charge in [0.25, 0.3) is 11.8 Å². The molecule has 0 spiro atoms. The van der Waals surface area contributed by atoms with Gasteiger partial charge in [-0.05, 0) is 34.9 Å². The third-order valence-electron chi connectivity index (χ3n) is 4.86. The Bertz CT molecular complexity index is 1240. The van der Waals surface area contributed by atoms with E-state index in [1.165, 1.54) is 18.2 Å². The Kier molecular flexibility index (Phi) is 5.94. The van der Waals surface area contributed by atoms with Gasteiger partial charge in [0.1, 0.15) is 0 Å². The normalized spacial score (nSPS) is 13.2. The van der Waals surface area contributed by atoms with E-state index >= 15 is 0 Å². The Morgan fingerprint density at radius 3 is 2.23 bits per heavy atom. The van der Waals surface area contributed by atoms with Gasteiger partial charge in [-0.3, -0.25) is 14.9 Å². The minimum absolute atomic E-state index is 0.0606. The van der Waals surface area contributed by atoms with E-state index in [1.54, 1.807) is 0 Å². The number of hydrogen-bond donors (Lipinski definition) is 2. The Labute approximate surface area is 180 Å². The van der Waals surface area contributed by atoms with Crippen LogP contribution in [0.15, 0.2) is 77.7 Å². The summed E-state index contributed by atoms with van der Waals surface area (Å²) in [5, 5.41) is 2.15. The van der Waals surface area contributed by atoms with Crippen molar-refractivity contribution < 1.29 is 22.7 Å². The zero-order valence-electron chi connectivity index (χ0n) is 16.5. The average molecular weight is 436 g/mol. The molecule has 0 aliphatic carbocycles. The summed E-state index contributed by atoms with van der Waals surface area (Å²) < 4.78 is 33.6. The fourth-order valence-electron chi connectivity index (χ4n) is 3.27. The Morgan fingerprint density at radius 2 is 1.42 bits per heavy atom. The summed E-state index contributed by atoms with van der Waals surface area (Å²) in [7, 11) is -3.86. The fraction of sp³-hybridized carbons (Fsp3) is 0.130. The molecule has 158 valence electrons. The molecule has 0 saturated heterocycles. The zero-order valence-corrected chi connectivity index (χ0v) is 17.3. The number of carbonyl (C=O) groups is 2. The number of imide groups is 1. The summed E-state index contributed by atoms with van der Waals surface area (Å²) in [5.41, 5.74) is 3.02. The van der Waals surface area contributed by atoms with E-state index in [1.807, 2.05) is 54.6 Å². The second-order valence-electron chi connectivity index (χ2n) is 7.11. The summed E-state index contributed by atoms with van der Waals surface area (Å²) in [4.78, 5) is 23.3. The summed E-state index contributed by atoms with van der Waals surface area (Å²) in [6.07, 6.45) is 0. The van der Waals surface area contributed by atoms with Crippen LogP contribution in [0.3, 0.4) is 0 Å². The lowest BCUT2D eigenvalue weighted by molar-refractivity contribution is 0.0879. The molecule has 1 aliphatic heterocycles. The van der Waals surface area contributed by atoms with Crippen LogP contribution >= 0.6 is 0 Å². The van der Waals surface area contributed by atoms with Crippen LogP contribution in [0.5, 0.6) is 0 Å². The lowest BCUT2D eigenvalue weighted by atomic mass is 10.1. The second-order valence-corrected chi connectivity index (χ2v) is 8.88. The molecule has 1 aliphatic rings. The van der Waals surface area contributed by atoms with Crippen molar-refractivity contribution in [1.82, 2.24) is 10.0 Å². The molecule has 0 fully saturated rings. The van der Waals surface area contributed by atoms with Gasteiger partial charge in [-0.1, -0.05) is 54.6 Å². The van der Waals surface area contributed by atoms with E-state index in [2.05, 4.69) is 10.0 Å². The lowest BCUT2D eigenvalue weighted by Crippen LogP contribution is -2.23. The number of rotatable bonds is 8. The molecule has 7 nitrogen and oxygen atoms in total. The highest BCUT2D eigenvalue weighted by Crippen LogP contribution is 2.20. The molecular weight excluding hydrogens is 416 g/mol. The van der Waals surface area contributed by atoms with Crippen LogP contribution in [0.4, 0.5) is 0 Å². The van der Waals surface area contributed by atoms with Gasteiger partial charge in [-0.15, -0.1) is 0 Å². The van der Waals surface area contributed by atoms with Crippen molar-refractivity contribution in [3.63, 3.8) is 0 Å². The van der Waals surface area contributed by atoms with Crippen molar-refractivity contribution >= 4 is 21.8 Å². The number of amides is 2. The number of hydrogen-bond acceptors (Lipinski definition) is 5. The largest absolute Gasteiger partial charge is 0.372 e. The molecule has 0 saturated carbocycles. The van der Waals surface area contributed by atoms with Crippen LogP contribution in [0.2, 0.25) is 0 Å². The molecular formula is C23H20N2O5S. The number of benzene rings is 3. The molecule has 0 unspecified atom stereocenters. The standard InChI is InChI=1S/C23H20N2O5S/c26-22-20-10-9-19(12-21(20)23(27)25-22)31(28,29)24-13-17-7-4-8-18(11-17)15-30-14-16-5-2-1-3-6-16/h1-12,24H,13-15H2,(H,25,26,27). The minimum atomic E-state index is -3.86. The maximum absolute atomic E-state index is 12.7. The SMILES string of the molecule is O=C1NC(=O)c2cc(S(=O)(=O)NCc3cccc(COCc4ccccc4)c3)ccc21. The summed E-state index contributed by atoms with van der Waals surface area (Å²) in [6.45, 7) is 0.979. The van der Waals surface area contributed by atoms with E-state index in [9.17, 15) is 18.0 Å². The highest BCUT2D eigenvalue weighted by atomic mass is 32.2. The molecule has 3 aromatic rings. The summed E-state index contributed by atoms with van der Waals surface area (Å²) in [5.74, 6) is -1.12. The van der Waals surface area contributed by atoms with Gasteiger partial charge in [-0.2, -0.15) is 0 Å². The predicted octanol–water partition coefficient (Wildman–Crippen LogP) is 2.77. The first-order valence-corrected chi connectivity index (χ1v) is 11.1. The molecule has 0 aromatic heterocycles. The smallest absolute Gasteiger partial charge is 0.258 e. The molecule has 0 radical (unpaired) electrons. The number of nitrogens with one attached hydrogen (secondary N) is 2. The van der Waals surface area contributed by atoms with E-state index in [-0.39, 0.29) is 22.6 Å². The number of fused-ring (bicyclic) bond motifs is 1. The summed E-state index contributed by atoms with van der Waals surface area (Å²) in [6, 6.07) is 21.2. The van der Waals surface area contributed by atoms with Gasteiger partial charge in [0.05, 0.1) is 29.2 Å². The van der Waals surface area contributed by atoms with Crippen molar-refractivity contribution in [2.24, 2.45) is 0 Å². The molecule has 0 bridgehead atoms. The topological polar surface area (TPSA) is 102 Å². The number of ether oxygens (including phenoxy) is 1. The number of carbonyl (C=O) groups excluding carboxylic acids is 2. The van der Waals surface area contributed by atoms with Gasteiger partial charge in [0.15, 0.2) is 0 Å². The highest BCUT2D eigenvalue weighted by Gasteiger charge is 2.28. The third-order valence-corrected chi connectivity index (χ3v) is 6.25. The Balaban J connectivity index is 1.38. The van der Waals surface area contributed by atoms with Crippen LogP contribution < -0.4 is 10.0 Å². The molecule has 3 aromatic carbocycles. The van der Waals surface area contributed by atoms with Crippen molar-refractivity contribution in [3.8, 4) is 0 Å². The van der Waals surface area contributed by atoms with Crippen LogP contribution in [0.25, 0.3) is 0 Å². The molecule has 0 atom stereocenters. The number of sulfonamides is 1. The van der Waals surface area contributed by atoms with E-state index in [4.69, 9.17) is 4.74 Å². The van der Waals surface area contributed by atoms with Crippen LogP contribution in [-0.2, 0) is 34.5 Å². The monoisotopic (exact) mass is 436 g/mol. The molecule has 31 heavy (non-hydrogen) atoms. The lowest BCUT2D eigenvalue weighted by Gasteiger charge is -2.10. The minimum Gasteiger partial charge on any atom is -0.372 e. The van der Waals surface area contributed by atoms with Crippen molar-refractivity contribution in [2.75, 3.05) is 0 Å². The van der Waals surface area contributed by atoms with Gasteiger partial charge in [0.2, 0.25) is 10.0 Å². The van der Waals surface area contributed by atoms with Crippen molar-refractivity contribution in [1.29, 1.82) is 0 Å². The first-order chi connectivity index (χ1) is 14.9. The van der Waals surface area contributed by atoms with Gasteiger partial charge in [-0.25, -0.2) is 13.1 Å². The van der Waals surface area contributed by atoms with E-state index in [0.29, 0.717) is 13.2 Å². The summed E-state index contributed by atoms with van der Waals surface area (Å²) >= 11 is 0. The average Bonchev–Trinajstić information content (AvgIpc) is 3.06. The third kappa shape index (κ3) is 4.88. The van der Waals surface area contributed by atoms with Gasteiger partial charge >= 0.3 is 0 Å². The van der Waals surface area contributed by atoms with Crippen LogP contribution in [-0.4, -0.2) is 20.2 Å². The molecule has 1 heterocycles. The van der Waals surface area contributed by atoms with E-state index < -0.39 is 21.8 Å². The fourth-order valence-corrected chi connectivity index (χ4v) is 4.31. The molecule has 2 N–H and O–H groups in total. The molecule has 4 rings (SSSR count). The first kappa shape index (κ1) is 20.9. The molecule has 8 heteroatoms. The van der Waals surface area contributed by atoms with Crippen molar-refractivity contribution in [3.05, 3.63) is 101 Å². The van der Waals surface area contributed by atoms with E-state index in [0.717, 1.165) is 16.7 Å². The zero-order chi connectivity index (χ0) is 21.8. The second kappa shape index (κ2) is 8.81. The Morgan fingerprint density at radius 1 is 0.742 bits per heavy atom. The molecule has 2 amide bonds. The van der Waals surface area contributed by atoms with Crippen LogP contribution in [0.1, 0.15) is 37.4 Å².